The summed E-state index contributed by atoms with van der Waals surface area (Å²) in [5.41, 5.74) is 14.1. The molecule has 228 valence electrons. The molecule has 4 rings (SSSR count). The van der Waals surface area contributed by atoms with E-state index in [9.17, 15) is 22.8 Å². The van der Waals surface area contributed by atoms with E-state index >= 15 is 0 Å². The number of hydrogen-bond donors (Lipinski definition) is 4. The summed E-state index contributed by atoms with van der Waals surface area (Å²) in [7, 11) is -4.02. The number of nitrogens with two attached hydrogens (primary N) is 2. The largest absolute Gasteiger partial charge is 0.350 e. The van der Waals surface area contributed by atoms with Crippen molar-refractivity contribution in [1.29, 1.82) is 0 Å². The van der Waals surface area contributed by atoms with Gasteiger partial charge in [-0.15, -0.1) is 0 Å². The van der Waals surface area contributed by atoms with E-state index in [0.29, 0.717) is 23.7 Å². The zero-order valence-corrected chi connectivity index (χ0v) is 25.1. The van der Waals surface area contributed by atoms with E-state index in [1.807, 2.05) is 0 Å². The van der Waals surface area contributed by atoms with E-state index in [0.717, 1.165) is 30.4 Å². The van der Waals surface area contributed by atoms with Crippen molar-refractivity contribution in [2.45, 2.75) is 69.1 Å². The number of nitrogens with zero attached hydrogens (tertiary/aromatic N) is 2. The molecule has 11 nitrogen and oxygen atoms in total. The van der Waals surface area contributed by atoms with Crippen LogP contribution in [0.4, 0.5) is 0 Å². The lowest BCUT2D eigenvalue weighted by atomic mass is 10.1. The van der Waals surface area contributed by atoms with E-state index in [4.69, 9.17) is 23.1 Å². The lowest BCUT2D eigenvalue weighted by Gasteiger charge is -2.31. The predicted molar refractivity (Wildman–Crippen MR) is 160 cm³/mol. The Morgan fingerprint density at radius 3 is 2.43 bits per heavy atom. The lowest BCUT2D eigenvalue weighted by Crippen LogP contribution is -2.55. The SMILES string of the molecule is NCc1ccc(Cl)cc1CNC(=O)C1CC(N)CN1C(=O)C(CC(=O)N1CCCCC1)NS(=O)(=O)Cc1ccccc1. The molecule has 0 aliphatic carbocycles. The van der Waals surface area contributed by atoms with Crippen LogP contribution in [0.2, 0.25) is 5.02 Å². The van der Waals surface area contributed by atoms with Crippen molar-refractivity contribution in [2.24, 2.45) is 11.5 Å². The van der Waals surface area contributed by atoms with E-state index in [-0.39, 0.29) is 44.1 Å². The number of carbonyl (C=O) groups excluding carboxylic acids is 3. The molecule has 0 bridgehead atoms. The van der Waals surface area contributed by atoms with Crippen LogP contribution in [-0.2, 0) is 43.2 Å². The molecule has 6 N–H and O–H groups in total. The van der Waals surface area contributed by atoms with Crippen LogP contribution in [0, 0.1) is 0 Å². The fourth-order valence-electron chi connectivity index (χ4n) is 5.50. The number of amides is 3. The second-order valence-electron chi connectivity index (χ2n) is 10.9. The highest BCUT2D eigenvalue weighted by Gasteiger charge is 2.42. The summed E-state index contributed by atoms with van der Waals surface area (Å²) in [6, 6.07) is 11.0. The molecule has 2 aromatic carbocycles. The molecule has 0 saturated carbocycles. The van der Waals surface area contributed by atoms with Gasteiger partial charge in [0, 0.05) is 43.8 Å². The lowest BCUT2D eigenvalue weighted by molar-refractivity contribution is -0.142. The van der Waals surface area contributed by atoms with Crippen molar-refractivity contribution in [3.63, 3.8) is 0 Å². The van der Waals surface area contributed by atoms with Crippen molar-refractivity contribution in [1.82, 2.24) is 19.8 Å². The topological polar surface area (TPSA) is 168 Å². The average Bonchev–Trinajstić information content (AvgIpc) is 3.37. The molecule has 13 heteroatoms. The van der Waals surface area contributed by atoms with Gasteiger partial charge in [0.2, 0.25) is 27.7 Å². The molecule has 0 radical (unpaired) electrons. The zero-order chi connectivity index (χ0) is 30.3. The molecule has 2 aromatic rings. The van der Waals surface area contributed by atoms with E-state index in [1.165, 1.54) is 4.90 Å². The number of nitrogens with one attached hydrogen (secondary N) is 2. The quantitative estimate of drug-likeness (QED) is 0.294. The Labute approximate surface area is 252 Å². The van der Waals surface area contributed by atoms with Crippen molar-refractivity contribution in [3.8, 4) is 0 Å². The Kier molecular flexibility index (Phi) is 11.0. The van der Waals surface area contributed by atoms with Gasteiger partial charge in [0.15, 0.2) is 0 Å². The van der Waals surface area contributed by atoms with Gasteiger partial charge in [0.25, 0.3) is 0 Å². The van der Waals surface area contributed by atoms with Gasteiger partial charge in [-0.2, -0.15) is 0 Å². The summed E-state index contributed by atoms with van der Waals surface area (Å²) in [6.07, 6.45) is 2.56. The van der Waals surface area contributed by atoms with Gasteiger partial charge in [-0.05, 0) is 54.5 Å². The summed E-state index contributed by atoms with van der Waals surface area (Å²) in [6.45, 7) is 1.57. The summed E-state index contributed by atoms with van der Waals surface area (Å²) in [5, 5.41) is 3.34. The highest BCUT2D eigenvalue weighted by molar-refractivity contribution is 7.88. The second kappa shape index (κ2) is 14.4. The third-order valence-corrected chi connectivity index (χ3v) is 9.26. The molecule has 42 heavy (non-hydrogen) atoms. The van der Waals surface area contributed by atoms with Gasteiger partial charge < -0.3 is 26.6 Å². The standard InChI is InChI=1S/C29H39ClN6O5S/c30-23-10-9-21(16-31)22(13-23)17-33-28(38)26-14-24(32)18-36(26)29(39)25(15-27(37)35-11-5-2-6-12-35)34-42(40,41)19-20-7-3-1-4-8-20/h1,3-4,7-10,13,24-26,34H,2,5-6,11-12,14-19,31-32H2,(H,33,38). The number of hydrogen-bond acceptors (Lipinski definition) is 7. The Balaban J connectivity index is 1.52. The van der Waals surface area contributed by atoms with Gasteiger partial charge in [-0.25, -0.2) is 13.1 Å². The molecular weight excluding hydrogens is 580 g/mol. The number of carbonyl (C=O) groups is 3. The van der Waals surface area contributed by atoms with Crippen LogP contribution in [0.15, 0.2) is 48.5 Å². The second-order valence-corrected chi connectivity index (χ2v) is 13.1. The third kappa shape index (κ3) is 8.51. The fourth-order valence-corrected chi connectivity index (χ4v) is 7.02. The predicted octanol–water partition coefficient (Wildman–Crippen LogP) is 1.23. The summed E-state index contributed by atoms with van der Waals surface area (Å²) < 4.78 is 28.8. The minimum absolute atomic E-state index is 0.0525. The molecule has 2 aliphatic rings. The molecule has 0 aromatic heterocycles. The smallest absolute Gasteiger partial charge is 0.243 e. The van der Waals surface area contributed by atoms with Crippen LogP contribution in [0.5, 0.6) is 0 Å². The van der Waals surface area contributed by atoms with Gasteiger partial charge in [0.05, 0.1) is 12.2 Å². The number of likely N-dealkylation sites (tertiary alicyclic amines) is 2. The summed E-state index contributed by atoms with van der Waals surface area (Å²) in [5.74, 6) is -1.76. The molecule has 0 spiro atoms. The monoisotopic (exact) mass is 618 g/mol. The summed E-state index contributed by atoms with van der Waals surface area (Å²) >= 11 is 6.13. The van der Waals surface area contributed by atoms with Gasteiger partial charge in [-0.3, -0.25) is 14.4 Å². The third-order valence-electron chi connectivity index (χ3n) is 7.67. The molecule has 3 atom stereocenters. The van der Waals surface area contributed by atoms with Crippen LogP contribution in [0.3, 0.4) is 0 Å². The maximum absolute atomic E-state index is 13.9. The Morgan fingerprint density at radius 2 is 1.74 bits per heavy atom. The zero-order valence-electron chi connectivity index (χ0n) is 23.5. The molecule has 2 fully saturated rings. The Hall–Kier alpha value is -3.03. The normalized spacial score (nSPS) is 19.9. The number of rotatable bonds is 11. The Bertz CT molecular complexity index is 1370. The van der Waals surface area contributed by atoms with Crippen LogP contribution in [0.25, 0.3) is 0 Å². The number of benzene rings is 2. The van der Waals surface area contributed by atoms with E-state index < -0.39 is 40.0 Å². The highest BCUT2D eigenvalue weighted by Crippen LogP contribution is 2.22. The van der Waals surface area contributed by atoms with Crippen molar-refractivity contribution in [3.05, 3.63) is 70.2 Å². The first-order valence-corrected chi connectivity index (χ1v) is 16.2. The van der Waals surface area contributed by atoms with E-state index in [2.05, 4.69) is 10.0 Å². The van der Waals surface area contributed by atoms with Crippen LogP contribution in [0.1, 0.15) is 48.8 Å². The first-order valence-electron chi connectivity index (χ1n) is 14.2. The van der Waals surface area contributed by atoms with Crippen LogP contribution in [-0.4, -0.2) is 73.7 Å². The number of sulfonamides is 1. The maximum atomic E-state index is 13.9. The molecule has 2 saturated heterocycles. The van der Waals surface area contributed by atoms with Crippen molar-refractivity contribution >= 4 is 39.3 Å². The first-order chi connectivity index (χ1) is 20.1. The number of halogens is 1. The molecule has 3 unspecified atom stereocenters. The van der Waals surface area contributed by atoms with E-state index in [1.54, 1.807) is 53.4 Å². The van der Waals surface area contributed by atoms with Gasteiger partial charge >= 0.3 is 0 Å². The molecule has 2 aliphatic heterocycles. The first kappa shape index (κ1) is 31.9. The maximum Gasteiger partial charge on any atom is 0.243 e. The molecular formula is C29H39ClN6O5S. The van der Waals surface area contributed by atoms with Crippen LogP contribution < -0.4 is 21.5 Å². The highest BCUT2D eigenvalue weighted by atomic mass is 35.5. The molecule has 2 heterocycles. The van der Waals surface area contributed by atoms with Gasteiger partial charge in [-0.1, -0.05) is 48.0 Å². The number of piperidine rings is 1. The fraction of sp³-hybridized carbons (Fsp3) is 0.483. The van der Waals surface area contributed by atoms with Crippen molar-refractivity contribution < 1.29 is 22.8 Å². The van der Waals surface area contributed by atoms with Crippen molar-refractivity contribution in [2.75, 3.05) is 19.6 Å². The average molecular weight is 619 g/mol. The minimum Gasteiger partial charge on any atom is -0.350 e. The van der Waals surface area contributed by atoms with Gasteiger partial charge in [0.1, 0.15) is 12.1 Å². The Morgan fingerprint density at radius 1 is 1.02 bits per heavy atom. The minimum atomic E-state index is -4.02. The van der Waals surface area contributed by atoms with Crippen LogP contribution >= 0.6 is 11.6 Å². The summed E-state index contributed by atoms with van der Waals surface area (Å²) in [4.78, 5) is 43.4. The molecule has 3 amide bonds.